The molecule has 20 heavy (non-hydrogen) atoms. The Bertz CT molecular complexity index is 334. The molecule has 116 valence electrons. The molecule has 1 aliphatic heterocycles. The third-order valence-corrected chi connectivity index (χ3v) is 4.23. The lowest BCUT2D eigenvalue weighted by Crippen LogP contribution is -2.46. The predicted molar refractivity (Wildman–Crippen MR) is 80.7 cm³/mol. The van der Waals surface area contributed by atoms with Gasteiger partial charge in [-0.1, -0.05) is 0 Å². The zero-order valence-electron chi connectivity index (χ0n) is 13.4. The molecule has 1 aliphatic carbocycles. The van der Waals surface area contributed by atoms with Crippen LogP contribution in [0.1, 0.15) is 53.4 Å². The first-order valence-corrected chi connectivity index (χ1v) is 8.06. The molecule has 2 unspecified atom stereocenters. The van der Waals surface area contributed by atoms with Crippen molar-refractivity contribution in [2.45, 2.75) is 65.0 Å². The van der Waals surface area contributed by atoms with E-state index in [1.165, 1.54) is 19.3 Å². The first-order chi connectivity index (χ1) is 9.35. The molecule has 0 radical (unpaired) electrons. The highest BCUT2D eigenvalue weighted by Crippen LogP contribution is 2.32. The molecule has 4 nitrogen and oxygen atoms in total. The van der Waals surface area contributed by atoms with Crippen molar-refractivity contribution in [2.75, 3.05) is 19.6 Å². The van der Waals surface area contributed by atoms with Crippen LogP contribution in [-0.4, -0.2) is 42.3 Å². The molecule has 0 aromatic rings. The lowest BCUT2D eigenvalue weighted by molar-refractivity contribution is 0.0165. The number of carbonyl (C=O) groups excluding carboxylic acids is 1. The van der Waals surface area contributed by atoms with E-state index in [2.05, 4.69) is 12.2 Å². The molecule has 1 saturated carbocycles. The van der Waals surface area contributed by atoms with Gasteiger partial charge < -0.3 is 15.0 Å². The van der Waals surface area contributed by atoms with E-state index < -0.39 is 5.60 Å². The molecule has 2 rings (SSSR count). The number of rotatable bonds is 4. The normalized spacial score (nSPS) is 25.4. The van der Waals surface area contributed by atoms with Crippen LogP contribution in [0.15, 0.2) is 0 Å². The summed E-state index contributed by atoms with van der Waals surface area (Å²) >= 11 is 0. The Kier molecular flexibility index (Phi) is 4.95. The largest absolute Gasteiger partial charge is 0.444 e. The van der Waals surface area contributed by atoms with E-state index in [0.29, 0.717) is 12.0 Å². The minimum atomic E-state index is -0.400. The first-order valence-electron chi connectivity index (χ1n) is 8.06. The second-order valence-electron chi connectivity index (χ2n) is 7.47. The van der Waals surface area contributed by atoms with Crippen LogP contribution in [0.2, 0.25) is 0 Å². The van der Waals surface area contributed by atoms with Crippen molar-refractivity contribution in [3.8, 4) is 0 Å². The van der Waals surface area contributed by atoms with Crippen molar-refractivity contribution in [3.63, 3.8) is 0 Å². The molecule has 0 aromatic carbocycles. The summed E-state index contributed by atoms with van der Waals surface area (Å²) in [4.78, 5) is 14.0. The average molecular weight is 282 g/mol. The molecule has 1 heterocycles. The number of hydrogen-bond acceptors (Lipinski definition) is 3. The summed E-state index contributed by atoms with van der Waals surface area (Å²) in [5, 5.41) is 3.64. The molecule has 2 aliphatic rings. The molecular formula is C16H30N2O2. The molecule has 2 atom stereocenters. The molecule has 1 saturated heterocycles. The quantitative estimate of drug-likeness (QED) is 0.862. The summed E-state index contributed by atoms with van der Waals surface area (Å²) in [6.07, 6.45) is 4.90. The van der Waals surface area contributed by atoms with Crippen LogP contribution < -0.4 is 5.32 Å². The molecule has 0 aromatic heterocycles. The van der Waals surface area contributed by atoms with Gasteiger partial charge in [0.05, 0.1) is 0 Å². The van der Waals surface area contributed by atoms with Gasteiger partial charge in [-0.25, -0.2) is 4.79 Å². The molecule has 0 spiro atoms. The number of amides is 1. The van der Waals surface area contributed by atoms with E-state index in [0.717, 1.165) is 32.0 Å². The second-order valence-corrected chi connectivity index (χ2v) is 7.47. The van der Waals surface area contributed by atoms with Gasteiger partial charge in [0.15, 0.2) is 0 Å². The molecule has 0 bridgehead atoms. The van der Waals surface area contributed by atoms with Crippen LogP contribution >= 0.6 is 0 Å². The van der Waals surface area contributed by atoms with Crippen LogP contribution in [-0.2, 0) is 4.74 Å². The van der Waals surface area contributed by atoms with Crippen molar-refractivity contribution in [3.05, 3.63) is 0 Å². The number of nitrogens with zero attached hydrogens (tertiary/aromatic N) is 1. The van der Waals surface area contributed by atoms with E-state index in [-0.39, 0.29) is 6.09 Å². The Morgan fingerprint density at radius 3 is 2.65 bits per heavy atom. The van der Waals surface area contributed by atoms with Gasteiger partial charge in [-0.3, -0.25) is 0 Å². The van der Waals surface area contributed by atoms with Crippen LogP contribution in [0.5, 0.6) is 0 Å². The Hall–Kier alpha value is -0.770. The van der Waals surface area contributed by atoms with Crippen molar-refractivity contribution in [1.29, 1.82) is 0 Å². The highest BCUT2D eigenvalue weighted by molar-refractivity contribution is 5.68. The van der Waals surface area contributed by atoms with E-state index in [4.69, 9.17) is 4.74 Å². The minimum absolute atomic E-state index is 0.155. The predicted octanol–water partition coefficient (Wildman–Crippen LogP) is 3.02. The molecular weight excluding hydrogens is 252 g/mol. The van der Waals surface area contributed by atoms with Gasteiger partial charge in [-0.2, -0.15) is 0 Å². The topological polar surface area (TPSA) is 41.6 Å². The molecule has 2 fully saturated rings. The van der Waals surface area contributed by atoms with Crippen LogP contribution in [0, 0.1) is 11.8 Å². The smallest absolute Gasteiger partial charge is 0.410 e. The van der Waals surface area contributed by atoms with Gasteiger partial charge in [0.1, 0.15) is 5.60 Å². The van der Waals surface area contributed by atoms with Crippen LogP contribution in [0.4, 0.5) is 4.79 Å². The van der Waals surface area contributed by atoms with Gasteiger partial charge in [0.2, 0.25) is 0 Å². The van der Waals surface area contributed by atoms with Crippen LogP contribution in [0.3, 0.4) is 0 Å². The van der Waals surface area contributed by atoms with Gasteiger partial charge >= 0.3 is 6.09 Å². The fourth-order valence-electron chi connectivity index (χ4n) is 2.84. The summed E-state index contributed by atoms with van der Waals surface area (Å²) < 4.78 is 5.47. The highest BCUT2D eigenvalue weighted by Gasteiger charge is 2.30. The third-order valence-electron chi connectivity index (χ3n) is 4.23. The standard InChI is InChI=1S/C16H30N2O2/c1-12(14-7-8-14)17-10-13-6-5-9-18(11-13)15(19)20-16(2,3)4/h12-14,17H,5-11H2,1-4H3. The summed E-state index contributed by atoms with van der Waals surface area (Å²) in [5.74, 6) is 1.46. The summed E-state index contributed by atoms with van der Waals surface area (Å²) in [6, 6.07) is 0.631. The number of piperidine rings is 1. The Morgan fingerprint density at radius 2 is 2.05 bits per heavy atom. The van der Waals surface area contributed by atoms with Crippen molar-refractivity contribution in [1.82, 2.24) is 10.2 Å². The van der Waals surface area contributed by atoms with E-state index in [1.54, 1.807) is 0 Å². The number of likely N-dealkylation sites (tertiary alicyclic amines) is 1. The van der Waals surface area contributed by atoms with Gasteiger partial charge in [-0.05, 0) is 71.8 Å². The summed E-state index contributed by atoms with van der Waals surface area (Å²) in [6.45, 7) is 10.7. The fourth-order valence-corrected chi connectivity index (χ4v) is 2.84. The maximum absolute atomic E-state index is 12.1. The average Bonchev–Trinajstić information content (AvgIpc) is 3.18. The number of ether oxygens (including phenoxy) is 1. The molecule has 4 heteroatoms. The minimum Gasteiger partial charge on any atom is -0.444 e. The molecule has 1 amide bonds. The maximum Gasteiger partial charge on any atom is 0.410 e. The summed E-state index contributed by atoms with van der Waals surface area (Å²) in [7, 11) is 0. The van der Waals surface area contributed by atoms with E-state index in [1.807, 2.05) is 25.7 Å². The SMILES string of the molecule is CC(NCC1CCCN(C(=O)OC(C)(C)C)C1)C1CC1. The van der Waals surface area contributed by atoms with Gasteiger partial charge in [0.25, 0.3) is 0 Å². The Morgan fingerprint density at radius 1 is 1.35 bits per heavy atom. The zero-order valence-corrected chi connectivity index (χ0v) is 13.4. The highest BCUT2D eigenvalue weighted by atomic mass is 16.6. The maximum atomic E-state index is 12.1. The zero-order chi connectivity index (χ0) is 14.8. The van der Waals surface area contributed by atoms with Crippen molar-refractivity contribution in [2.24, 2.45) is 11.8 Å². The number of nitrogens with one attached hydrogen (secondary N) is 1. The van der Waals surface area contributed by atoms with E-state index in [9.17, 15) is 4.79 Å². The van der Waals surface area contributed by atoms with Crippen molar-refractivity contribution >= 4 is 6.09 Å². The monoisotopic (exact) mass is 282 g/mol. The van der Waals surface area contributed by atoms with Gasteiger partial charge in [-0.15, -0.1) is 0 Å². The first kappa shape index (κ1) is 15.6. The lowest BCUT2D eigenvalue weighted by atomic mass is 9.98. The van der Waals surface area contributed by atoms with E-state index >= 15 is 0 Å². The fraction of sp³-hybridized carbons (Fsp3) is 0.938. The second kappa shape index (κ2) is 6.33. The summed E-state index contributed by atoms with van der Waals surface area (Å²) in [5.41, 5.74) is -0.400. The Labute approximate surface area is 123 Å². The number of hydrogen-bond donors (Lipinski definition) is 1. The van der Waals surface area contributed by atoms with Crippen LogP contribution in [0.25, 0.3) is 0 Å². The lowest BCUT2D eigenvalue weighted by Gasteiger charge is -2.34. The molecule has 1 N–H and O–H groups in total. The van der Waals surface area contributed by atoms with Gasteiger partial charge in [0, 0.05) is 19.1 Å². The number of carbonyl (C=O) groups is 1. The Balaban J connectivity index is 1.74. The third kappa shape index (κ3) is 4.97. The van der Waals surface area contributed by atoms with Crippen molar-refractivity contribution < 1.29 is 9.53 Å².